The predicted octanol–water partition coefficient (Wildman–Crippen LogP) is 1.91. The van der Waals surface area contributed by atoms with E-state index in [4.69, 9.17) is 9.15 Å². The molecular formula is C15H22N2O4. The number of rotatable bonds is 4. The van der Waals surface area contributed by atoms with E-state index in [2.05, 4.69) is 5.32 Å². The molecule has 6 heteroatoms. The molecule has 0 unspecified atom stereocenters. The van der Waals surface area contributed by atoms with Gasteiger partial charge in [0.05, 0.1) is 6.07 Å². The molecule has 0 bridgehead atoms. The highest BCUT2D eigenvalue weighted by atomic mass is 16.5. The highest BCUT2D eigenvalue weighted by Gasteiger charge is 2.23. The molecule has 1 aliphatic heterocycles. The van der Waals surface area contributed by atoms with Crippen LogP contribution in [0.2, 0.25) is 0 Å². The average Bonchev–Trinajstić information content (AvgIpc) is 2.44. The third-order valence-electron chi connectivity index (χ3n) is 3.43. The summed E-state index contributed by atoms with van der Waals surface area (Å²) in [5.74, 6) is 1.08. The molecule has 0 aliphatic carbocycles. The molecule has 2 heterocycles. The predicted molar refractivity (Wildman–Crippen MR) is 78.6 cm³/mol. The van der Waals surface area contributed by atoms with Crippen LogP contribution in [0, 0.1) is 6.92 Å². The Morgan fingerprint density at radius 3 is 2.76 bits per heavy atom. The number of carbonyl (C=O) groups excluding carboxylic acids is 1. The maximum absolute atomic E-state index is 11.8. The van der Waals surface area contributed by atoms with Crippen molar-refractivity contribution in [3.05, 3.63) is 28.3 Å². The van der Waals surface area contributed by atoms with E-state index in [0.29, 0.717) is 31.1 Å². The Bertz CT molecular complexity index is 533. The van der Waals surface area contributed by atoms with E-state index in [1.807, 2.05) is 6.92 Å². The summed E-state index contributed by atoms with van der Waals surface area (Å²) >= 11 is 0. The maximum Gasteiger partial charge on any atom is 0.339 e. The van der Waals surface area contributed by atoms with E-state index in [1.54, 1.807) is 17.9 Å². The van der Waals surface area contributed by atoms with Crippen molar-refractivity contribution in [2.45, 2.75) is 39.2 Å². The van der Waals surface area contributed by atoms with Crippen molar-refractivity contribution in [1.82, 2.24) is 10.2 Å². The fourth-order valence-electron chi connectivity index (χ4n) is 2.36. The Labute approximate surface area is 124 Å². The monoisotopic (exact) mass is 294 g/mol. The topological polar surface area (TPSA) is 71.8 Å². The highest BCUT2D eigenvalue weighted by molar-refractivity contribution is 5.74. The van der Waals surface area contributed by atoms with Crippen LogP contribution in [0.25, 0.3) is 0 Å². The molecule has 1 saturated heterocycles. The Hall–Kier alpha value is -1.98. The van der Waals surface area contributed by atoms with Gasteiger partial charge in [-0.05, 0) is 13.3 Å². The second-order valence-electron chi connectivity index (χ2n) is 5.26. The maximum atomic E-state index is 11.8. The fourth-order valence-corrected chi connectivity index (χ4v) is 2.36. The Kier molecular flexibility index (Phi) is 5.25. The minimum absolute atomic E-state index is 0.00787. The number of nitrogens with zero attached hydrogens (tertiary/aromatic N) is 1. The van der Waals surface area contributed by atoms with Gasteiger partial charge in [0.15, 0.2) is 0 Å². The smallest absolute Gasteiger partial charge is 0.339 e. The quantitative estimate of drug-likeness (QED) is 0.920. The lowest BCUT2D eigenvalue weighted by atomic mass is 10.1. The number of aryl methyl sites for hydroxylation is 1. The van der Waals surface area contributed by atoms with Gasteiger partial charge in [0.2, 0.25) is 0 Å². The van der Waals surface area contributed by atoms with Crippen LogP contribution < -0.4 is 15.7 Å². The molecule has 21 heavy (non-hydrogen) atoms. The first-order valence-corrected chi connectivity index (χ1v) is 7.39. The molecule has 2 amide bonds. The van der Waals surface area contributed by atoms with Crippen LogP contribution in [0.4, 0.5) is 4.79 Å². The number of urea groups is 1. The van der Waals surface area contributed by atoms with Gasteiger partial charge in [0.1, 0.15) is 17.6 Å². The molecule has 6 nitrogen and oxygen atoms in total. The number of amides is 2. The van der Waals surface area contributed by atoms with E-state index >= 15 is 0 Å². The minimum Gasteiger partial charge on any atom is -0.490 e. The van der Waals surface area contributed by atoms with Crippen LogP contribution in [-0.2, 0) is 0 Å². The van der Waals surface area contributed by atoms with Gasteiger partial charge in [-0.1, -0.05) is 6.92 Å². The second kappa shape index (κ2) is 7.15. The zero-order valence-electron chi connectivity index (χ0n) is 12.6. The lowest BCUT2D eigenvalue weighted by molar-refractivity contribution is 0.110. The van der Waals surface area contributed by atoms with Gasteiger partial charge in [-0.2, -0.15) is 0 Å². The average molecular weight is 294 g/mol. The molecule has 1 aromatic rings. The van der Waals surface area contributed by atoms with Crippen LogP contribution in [0.3, 0.4) is 0 Å². The summed E-state index contributed by atoms with van der Waals surface area (Å²) in [6.07, 6.45) is 2.49. The highest BCUT2D eigenvalue weighted by Crippen LogP contribution is 2.18. The summed E-state index contributed by atoms with van der Waals surface area (Å²) in [7, 11) is 0. The lowest BCUT2D eigenvalue weighted by Crippen LogP contribution is -2.46. The van der Waals surface area contributed by atoms with Gasteiger partial charge in [-0.15, -0.1) is 0 Å². The number of hydrogen-bond donors (Lipinski definition) is 1. The molecule has 0 aromatic carbocycles. The molecule has 116 valence electrons. The molecule has 0 atom stereocenters. The number of ether oxygens (including phenoxy) is 1. The van der Waals surface area contributed by atoms with Gasteiger partial charge < -0.3 is 19.4 Å². The number of likely N-dealkylation sites (tertiary alicyclic amines) is 1. The molecule has 0 saturated carbocycles. The molecule has 0 radical (unpaired) electrons. The van der Waals surface area contributed by atoms with Crippen molar-refractivity contribution in [3.63, 3.8) is 0 Å². The molecule has 0 spiro atoms. The summed E-state index contributed by atoms with van der Waals surface area (Å²) in [5, 5.41) is 2.87. The van der Waals surface area contributed by atoms with E-state index in [0.717, 1.165) is 19.3 Å². The summed E-state index contributed by atoms with van der Waals surface area (Å²) < 4.78 is 10.7. The number of piperidine rings is 1. The van der Waals surface area contributed by atoms with E-state index in [-0.39, 0.29) is 12.1 Å². The van der Waals surface area contributed by atoms with Crippen molar-refractivity contribution >= 4 is 6.03 Å². The number of nitrogens with one attached hydrogen (secondary N) is 1. The SMILES string of the molecule is CCCNC(=O)N1CCC(Oc2cc(C)oc(=O)c2)CC1. The van der Waals surface area contributed by atoms with Gasteiger partial charge in [-0.3, -0.25) is 0 Å². The zero-order chi connectivity index (χ0) is 15.2. The van der Waals surface area contributed by atoms with Gasteiger partial charge in [0.25, 0.3) is 0 Å². The molecule has 1 fully saturated rings. The lowest BCUT2D eigenvalue weighted by Gasteiger charge is -2.32. The standard InChI is InChI=1S/C15H22N2O4/c1-3-6-16-15(19)17-7-4-12(5-8-17)21-13-9-11(2)20-14(18)10-13/h9-10,12H,3-8H2,1-2H3,(H,16,19). The largest absolute Gasteiger partial charge is 0.490 e. The second-order valence-corrected chi connectivity index (χ2v) is 5.26. The van der Waals surface area contributed by atoms with Crippen LogP contribution in [-0.4, -0.2) is 36.7 Å². The third-order valence-corrected chi connectivity index (χ3v) is 3.43. The number of carbonyl (C=O) groups is 1. The van der Waals surface area contributed by atoms with Crippen molar-refractivity contribution in [2.75, 3.05) is 19.6 Å². The first-order valence-electron chi connectivity index (χ1n) is 7.39. The van der Waals surface area contributed by atoms with Crippen molar-refractivity contribution in [1.29, 1.82) is 0 Å². The Balaban J connectivity index is 1.84. The first-order chi connectivity index (χ1) is 10.1. The summed E-state index contributed by atoms with van der Waals surface area (Å²) in [6, 6.07) is 3.06. The van der Waals surface area contributed by atoms with Gasteiger partial charge in [-0.25, -0.2) is 9.59 Å². The van der Waals surface area contributed by atoms with Crippen LogP contribution in [0.5, 0.6) is 5.75 Å². The summed E-state index contributed by atoms with van der Waals surface area (Å²) in [5.41, 5.74) is -0.402. The van der Waals surface area contributed by atoms with Crippen LogP contribution in [0.1, 0.15) is 31.9 Å². The molecular weight excluding hydrogens is 272 g/mol. The van der Waals surface area contributed by atoms with Crippen molar-refractivity contribution in [3.8, 4) is 5.75 Å². The zero-order valence-corrected chi connectivity index (χ0v) is 12.6. The molecule has 1 aromatic heterocycles. The first kappa shape index (κ1) is 15.4. The van der Waals surface area contributed by atoms with E-state index in [9.17, 15) is 9.59 Å². The molecule has 1 aliphatic rings. The minimum atomic E-state index is -0.402. The third kappa shape index (κ3) is 4.51. The van der Waals surface area contributed by atoms with Crippen LogP contribution in [0.15, 0.2) is 21.3 Å². The molecule has 2 rings (SSSR count). The number of hydrogen-bond acceptors (Lipinski definition) is 4. The Morgan fingerprint density at radius 1 is 1.43 bits per heavy atom. The van der Waals surface area contributed by atoms with Crippen LogP contribution >= 0.6 is 0 Å². The normalized spacial score (nSPS) is 15.8. The van der Waals surface area contributed by atoms with E-state index in [1.165, 1.54) is 6.07 Å². The summed E-state index contributed by atoms with van der Waals surface area (Å²) in [4.78, 5) is 24.9. The fraction of sp³-hybridized carbons (Fsp3) is 0.600. The van der Waals surface area contributed by atoms with E-state index < -0.39 is 5.63 Å². The van der Waals surface area contributed by atoms with Gasteiger partial charge >= 0.3 is 11.7 Å². The van der Waals surface area contributed by atoms with Crippen molar-refractivity contribution in [2.24, 2.45) is 0 Å². The Morgan fingerprint density at radius 2 is 2.14 bits per heavy atom. The van der Waals surface area contributed by atoms with Crippen molar-refractivity contribution < 1.29 is 13.9 Å². The molecule has 1 N–H and O–H groups in total. The van der Waals surface area contributed by atoms with Gasteiger partial charge in [0, 0.05) is 38.5 Å². The summed E-state index contributed by atoms with van der Waals surface area (Å²) in [6.45, 7) is 5.78.